The first-order valence-electron chi connectivity index (χ1n) is 2.13. The fraction of sp³-hybridized carbons (Fsp3) is 0.333. The van der Waals surface area contributed by atoms with Gasteiger partial charge >= 0.3 is 43.3 Å². The van der Waals surface area contributed by atoms with Crippen LogP contribution in [0, 0.1) is 0 Å². The minimum absolute atomic E-state index is 0. The number of phosphoric acid groups is 1. The van der Waals surface area contributed by atoms with Crippen LogP contribution >= 0.6 is 7.82 Å². The Kier molecular flexibility index (Phi) is 6.33. The molecule has 11 heavy (non-hydrogen) atoms. The van der Waals surface area contributed by atoms with E-state index in [2.05, 4.69) is 4.52 Å². The normalized spacial score (nSPS) is 9.73. The Labute approximate surface area is 84.5 Å². The van der Waals surface area contributed by atoms with Crippen LogP contribution in [0.3, 0.4) is 0 Å². The van der Waals surface area contributed by atoms with Gasteiger partial charge in [-0.3, -0.25) is 14.6 Å². The van der Waals surface area contributed by atoms with Crippen molar-refractivity contribution in [3.63, 3.8) is 0 Å². The number of hydrogen-bond donors (Lipinski definition) is 2. The summed E-state index contributed by atoms with van der Waals surface area (Å²) in [4.78, 5) is 36.0. The monoisotopic (exact) mass is 192 g/mol. The summed E-state index contributed by atoms with van der Waals surface area (Å²) in [6.07, 6.45) is 0. The molecule has 0 aromatic rings. The molecule has 0 saturated heterocycles. The molecule has 60 valence electrons. The quantitative estimate of drug-likeness (QED) is 0.315. The van der Waals surface area contributed by atoms with Crippen LogP contribution in [0.25, 0.3) is 0 Å². The van der Waals surface area contributed by atoms with Crippen LogP contribution in [0.4, 0.5) is 0 Å². The zero-order chi connectivity index (χ0) is 8.36. The van der Waals surface area contributed by atoms with Crippen molar-refractivity contribution in [2.24, 2.45) is 0 Å². The molecule has 6 nitrogen and oxygen atoms in total. The number of hydrogen-bond acceptors (Lipinski definition) is 4. The van der Waals surface area contributed by atoms with Crippen LogP contribution in [-0.4, -0.2) is 51.1 Å². The van der Waals surface area contributed by atoms with Crippen molar-refractivity contribution in [2.75, 3.05) is 0 Å². The molecule has 0 aliphatic rings. The first kappa shape index (κ1) is 13.9. The van der Waals surface area contributed by atoms with Gasteiger partial charge in [0.15, 0.2) is 0 Å². The van der Waals surface area contributed by atoms with Gasteiger partial charge in [-0.05, 0) is 0 Å². The summed E-state index contributed by atoms with van der Waals surface area (Å²) in [7, 11) is -4.85. The molecule has 8 heteroatoms. The predicted molar refractivity (Wildman–Crippen MR) is 36.0 cm³/mol. The Bertz CT molecular complexity index is 206. The number of ketones is 1. The van der Waals surface area contributed by atoms with Crippen molar-refractivity contribution in [3.8, 4) is 0 Å². The summed E-state index contributed by atoms with van der Waals surface area (Å²) in [5, 5.41) is 0. The molecule has 0 saturated carbocycles. The van der Waals surface area contributed by atoms with Gasteiger partial charge < -0.3 is 4.52 Å². The number of carbonyl (C=O) groups excluding carboxylic acids is 2. The summed E-state index contributed by atoms with van der Waals surface area (Å²) >= 11 is 0. The van der Waals surface area contributed by atoms with E-state index < -0.39 is 19.6 Å². The van der Waals surface area contributed by atoms with E-state index in [1.165, 1.54) is 0 Å². The Hall–Kier alpha value is 0.290. The average Bonchev–Trinajstić information content (AvgIpc) is 1.60. The number of phosphoric ester groups is 1. The first-order chi connectivity index (χ1) is 4.33. The standard InChI is InChI=1S/C3H5O6P.Na.H/c1-2(4)3(5)9-10(6,7)8;;/h1H3,(H2,6,7,8);;. The van der Waals surface area contributed by atoms with E-state index in [-0.39, 0.29) is 29.6 Å². The van der Waals surface area contributed by atoms with E-state index >= 15 is 0 Å². The first-order valence-corrected chi connectivity index (χ1v) is 3.66. The molecule has 0 unspecified atom stereocenters. The second-order valence-corrected chi connectivity index (χ2v) is 2.59. The van der Waals surface area contributed by atoms with Gasteiger partial charge in [0.25, 0.3) is 0 Å². The summed E-state index contributed by atoms with van der Waals surface area (Å²) in [5.74, 6) is -2.59. The van der Waals surface area contributed by atoms with Crippen LogP contribution in [-0.2, 0) is 18.7 Å². The topological polar surface area (TPSA) is 101 Å². The Morgan fingerprint density at radius 3 is 1.82 bits per heavy atom. The van der Waals surface area contributed by atoms with Crippen molar-refractivity contribution in [1.82, 2.24) is 0 Å². The predicted octanol–water partition coefficient (Wildman–Crippen LogP) is -1.44. The van der Waals surface area contributed by atoms with E-state index in [0.717, 1.165) is 6.92 Å². The van der Waals surface area contributed by atoms with E-state index in [4.69, 9.17) is 9.79 Å². The summed E-state index contributed by atoms with van der Waals surface area (Å²) < 4.78 is 13.2. The van der Waals surface area contributed by atoms with Crippen LogP contribution < -0.4 is 0 Å². The third-order valence-electron chi connectivity index (χ3n) is 0.489. The third kappa shape index (κ3) is 8.19. The van der Waals surface area contributed by atoms with Gasteiger partial charge in [0, 0.05) is 6.92 Å². The van der Waals surface area contributed by atoms with Crippen LogP contribution in [0.1, 0.15) is 6.92 Å². The number of carbonyl (C=O) groups is 2. The Balaban J connectivity index is 0. The average molecular weight is 192 g/mol. The van der Waals surface area contributed by atoms with E-state index in [1.54, 1.807) is 0 Å². The van der Waals surface area contributed by atoms with Gasteiger partial charge in [-0.1, -0.05) is 0 Å². The maximum absolute atomic E-state index is 10.1. The molecule has 0 atom stereocenters. The fourth-order valence-corrected chi connectivity index (χ4v) is 0.517. The maximum atomic E-state index is 10.1. The molecular formula is C3H6NaO6P. The molecule has 0 fully saturated rings. The van der Waals surface area contributed by atoms with Crippen molar-refractivity contribution in [3.05, 3.63) is 0 Å². The van der Waals surface area contributed by atoms with Gasteiger partial charge in [0.1, 0.15) is 0 Å². The van der Waals surface area contributed by atoms with Gasteiger partial charge in [-0.2, -0.15) is 0 Å². The van der Waals surface area contributed by atoms with Crippen molar-refractivity contribution < 1.29 is 28.5 Å². The molecule has 0 heterocycles. The van der Waals surface area contributed by atoms with Gasteiger partial charge in [0.05, 0.1) is 0 Å². The second kappa shape index (κ2) is 5.03. The molecule has 0 aromatic heterocycles. The molecule has 0 radical (unpaired) electrons. The molecule has 0 aliphatic carbocycles. The third-order valence-corrected chi connectivity index (χ3v) is 0.893. The summed E-state index contributed by atoms with van der Waals surface area (Å²) in [5.41, 5.74) is 0. The SMILES string of the molecule is CC(=O)C(=O)OP(=O)(O)O.[NaH]. The zero-order valence-corrected chi connectivity index (χ0v) is 5.87. The van der Waals surface area contributed by atoms with Crippen LogP contribution in [0.15, 0.2) is 0 Å². The summed E-state index contributed by atoms with van der Waals surface area (Å²) in [6, 6.07) is 0. The van der Waals surface area contributed by atoms with Gasteiger partial charge in [-0.25, -0.2) is 9.36 Å². The van der Waals surface area contributed by atoms with Crippen molar-refractivity contribution in [1.29, 1.82) is 0 Å². The van der Waals surface area contributed by atoms with Gasteiger partial charge in [0.2, 0.25) is 5.78 Å². The minimum atomic E-state index is -4.85. The van der Waals surface area contributed by atoms with Crippen molar-refractivity contribution in [2.45, 2.75) is 6.92 Å². The Morgan fingerprint density at radius 1 is 1.36 bits per heavy atom. The molecule has 0 amide bonds. The van der Waals surface area contributed by atoms with Crippen LogP contribution in [0.2, 0.25) is 0 Å². The molecule has 0 aromatic carbocycles. The van der Waals surface area contributed by atoms with Gasteiger partial charge in [-0.15, -0.1) is 0 Å². The molecule has 0 spiro atoms. The molecule has 0 bridgehead atoms. The summed E-state index contributed by atoms with van der Waals surface area (Å²) in [6.45, 7) is 0.845. The molecule has 0 aliphatic heterocycles. The second-order valence-electron chi connectivity index (χ2n) is 1.43. The van der Waals surface area contributed by atoms with Crippen LogP contribution in [0.5, 0.6) is 0 Å². The molecule has 0 rings (SSSR count). The number of Topliss-reactive ketones (excluding diaryl/α,β-unsaturated/α-hetero) is 1. The van der Waals surface area contributed by atoms with E-state index in [0.29, 0.717) is 0 Å². The van der Waals surface area contributed by atoms with E-state index in [1.807, 2.05) is 0 Å². The number of rotatable bonds is 2. The van der Waals surface area contributed by atoms with Crippen molar-refractivity contribution >= 4 is 49.1 Å². The van der Waals surface area contributed by atoms with E-state index in [9.17, 15) is 14.2 Å². The fourth-order valence-electron chi connectivity index (χ4n) is 0.172. The molecule has 2 N–H and O–H groups in total. The Morgan fingerprint density at radius 2 is 1.73 bits per heavy atom. The zero-order valence-electron chi connectivity index (χ0n) is 4.97. The molecular weight excluding hydrogens is 186 g/mol.